The van der Waals surface area contributed by atoms with Crippen molar-refractivity contribution < 1.29 is 9.13 Å². The summed E-state index contributed by atoms with van der Waals surface area (Å²) in [5, 5.41) is 0.235. The number of rotatable bonds is 2. The van der Waals surface area contributed by atoms with E-state index in [2.05, 4.69) is 4.98 Å². The van der Waals surface area contributed by atoms with Gasteiger partial charge in [-0.25, -0.2) is 4.39 Å². The largest absolute Gasteiger partial charge is 0.454 e. The molecule has 0 saturated carbocycles. The van der Waals surface area contributed by atoms with E-state index in [-0.39, 0.29) is 5.02 Å². The highest BCUT2D eigenvalue weighted by molar-refractivity contribution is 6.32. The first kappa shape index (κ1) is 9.93. The Morgan fingerprint density at radius 3 is 2.80 bits per heavy atom. The molecule has 1 aromatic carbocycles. The first-order valence-electron chi connectivity index (χ1n) is 4.28. The van der Waals surface area contributed by atoms with E-state index >= 15 is 0 Å². The van der Waals surface area contributed by atoms with Gasteiger partial charge in [-0.3, -0.25) is 4.98 Å². The van der Waals surface area contributed by atoms with E-state index in [1.807, 2.05) is 0 Å². The van der Waals surface area contributed by atoms with E-state index < -0.39 is 5.82 Å². The molecule has 0 unspecified atom stereocenters. The summed E-state index contributed by atoms with van der Waals surface area (Å²) in [7, 11) is 0. The van der Waals surface area contributed by atoms with Crippen LogP contribution in [-0.4, -0.2) is 4.98 Å². The third-order valence-electron chi connectivity index (χ3n) is 1.76. The first-order chi connectivity index (χ1) is 7.25. The number of pyridine rings is 1. The molecule has 2 nitrogen and oxygen atoms in total. The van der Waals surface area contributed by atoms with Crippen LogP contribution < -0.4 is 4.74 Å². The predicted molar refractivity (Wildman–Crippen MR) is 55.7 cm³/mol. The third-order valence-corrected chi connectivity index (χ3v) is 2.05. The summed E-state index contributed by atoms with van der Waals surface area (Å²) in [4.78, 5) is 3.89. The summed E-state index contributed by atoms with van der Waals surface area (Å²) in [6.07, 6.45) is 3.19. The van der Waals surface area contributed by atoms with Gasteiger partial charge in [0.1, 0.15) is 17.3 Å². The molecular formula is C11H7ClFNO. The molecule has 2 rings (SSSR count). The molecule has 0 aliphatic heterocycles. The quantitative estimate of drug-likeness (QED) is 0.775. The number of hydrogen-bond acceptors (Lipinski definition) is 2. The zero-order valence-corrected chi connectivity index (χ0v) is 8.41. The van der Waals surface area contributed by atoms with E-state index in [0.29, 0.717) is 11.5 Å². The van der Waals surface area contributed by atoms with Crippen molar-refractivity contribution in [2.24, 2.45) is 0 Å². The van der Waals surface area contributed by atoms with Gasteiger partial charge >= 0.3 is 0 Å². The van der Waals surface area contributed by atoms with E-state index in [1.165, 1.54) is 18.2 Å². The van der Waals surface area contributed by atoms with Crippen molar-refractivity contribution in [3.8, 4) is 11.5 Å². The zero-order chi connectivity index (χ0) is 10.7. The summed E-state index contributed by atoms with van der Waals surface area (Å²) in [6.45, 7) is 0. The van der Waals surface area contributed by atoms with Crippen LogP contribution in [0, 0.1) is 5.82 Å². The Morgan fingerprint density at radius 2 is 2.13 bits per heavy atom. The summed E-state index contributed by atoms with van der Waals surface area (Å²) in [6, 6.07) is 7.45. The SMILES string of the molecule is Fc1ccc(Oc2cccnc2)c(Cl)c1. The fourth-order valence-electron chi connectivity index (χ4n) is 1.09. The molecule has 76 valence electrons. The van der Waals surface area contributed by atoms with E-state index in [0.717, 1.165) is 0 Å². The lowest BCUT2D eigenvalue weighted by Crippen LogP contribution is -1.86. The second kappa shape index (κ2) is 4.28. The number of ether oxygens (including phenoxy) is 1. The topological polar surface area (TPSA) is 22.1 Å². The van der Waals surface area contributed by atoms with Crippen molar-refractivity contribution in [3.05, 3.63) is 53.6 Å². The van der Waals surface area contributed by atoms with E-state index in [4.69, 9.17) is 16.3 Å². The lowest BCUT2D eigenvalue weighted by Gasteiger charge is -2.06. The monoisotopic (exact) mass is 223 g/mol. The maximum absolute atomic E-state index is 12.7. The minimum Gasteiger partial charge on any atom is -0.454 e. The van der Waals surface area contributed by atoms with Crippen LogP contribution in [0.3, 0.4) is 0 Å². The minimum absolute atomic E-state index is 0.235. The van der Waals surface area contributed by atoms with Crippen LogP contribution in [0.25, 0.3) is 0 Å². The van der Waals surface area contributed by atoms with Gasteiger partial charge in [-0.1, -0.05) is 11.6 Å². The normalized spacial score (nSPS) is 10.0. The Labute approximate surface area is 91.3 Å². The molecular weight excluding hydrogens is 217 g/mol. The van der Waals surface area contributed by atoms with Gasteiger partial charge < -0.3 is 4.74 Å². The fourth-order valence-corrected chi connectivity index (χ4v) is 1.30. The Morgan fingerprint density at radius 1 is 1.27 bits per heavy atom. The van der Waals surface area contributed by atoms with E-state index in [1.54, 1.807) is 24.5 Å². The Kier molecular flexibility index (Phi) is 2.83. The van der Waals surface area contributed by atoms with Gasteiger partial charge in [0.25, 0.3) is 0 Å². The van der Waals surface area contributed by atoms with E-state index in [9.17, 15) is 4.39 Å². The molecule has 0 bridgehead atoms. The summed E-state index contributed by atoms with van der Waals surface area (Å²) in [5.74, 6) is 0.579. The van der Waals surface area contributed by atoms with Crippen molar-refractivity contribution in [2.45, 2.75) is 0 Å². The molecule has 0 fully saturated rings. The number of benzene rings is 1. The van der Waals surface area contributed by atoms with Crippen molar-refractivity contribution in [1.29, 1.82) is 0 Å². The molecule has 0 atom stereocenters. The smallest absolute Gasteiger partial charge is 0.146 e. The van der Waals surface area contributed by atoms with Gasteiger partial charge in [0.2, 0.25) is 0 Å². The van der Waals surface area contributed by atoms with Crippen molar-refractivity contribution in [1.82, 2.24) is 4.98 Å². The predicted octanol–water partition coefficient (Wildman–Crippen LogP) is 3.67. The third kappa shape index (κ3) is 2.44. The average molecular weight is 224 g/mol. The maximum atomic E-state index is 12.7. The number of hydrogen-bond donors (Lipinski definition) is 0. The molecule has 0 N–H and O–H groups in total. The van der Waals surface area contributed by atoms with Gasteiger partial charge in [-0.15, -0.1) is 0 Å². The van der Waals surface area contributed by atoms with Gasteiger partial charge in [0.15, 0.2) is 0 Å². The lowest BCUT2D eigenvalue weighted by atomic mass is 10.3. The second-order valence-electron chi connectivity index (χ2n) is 2.87. The van der Waals surface area contributed by atoms with Gasteiger partial charge in [0, 0.05) is 6.20 Å². The maximum Gasteiger partial charge on any atom is 0.146 e. The van der Waals surface area contributed by atoms with Crippen LogP contribution in [0.4, 0.5) is 4.39 Å². The van der Waals surface area contributed by atoms with Crippen LogP contribution in [0.15, 0.2) is 42.7 Å². The van der Waals surface area contributed by atoms with Crippen LogP contribution in [0.5, 0.6) is 11.5 Å². The lowest BCUT2D eigenvalue weighted by molar-refractivity contribution is 0.478. The molecule has 0 aliphatic carbocycles. The number of nitrogens with zero attached hydrogens (tertiary/aromatic N) is 1. The van der Waals surface area contributed by atoms with Gasteiger partial charge in [-0.05, 0) is 30.3 Å². The standard InChI is InChI=1S/C11H7ClFNO/c12-10-6-8(13)3-4-11(10)15-9-2-1-5-14-7-9/h1-7H. The summed E-state index contributed by atoms with van der Waals surface area (Å²) < 4.78 is 18.1. The van der Waals surface area contributed by atoms with Crippen LogP contribution >= 0.6 is 11.6 Å². The average Bonchev–Trinajstić information content (AvgIpc) is 2.24. The number of aromatic nitrogens is 1. The fraction of sp³-hybridized carbons (Fsp3) is 0. The molecule has 0 spiro atoms. The molecule has 1 heterocycles. The summed E-state index contributed by atoms with van der Waals surface area (Å²) >= 11 is 5.79. The molecule has 0 saturated heterocycles. The zero-order valence-electron chi connectivity index (χ0n) is 7.65. The highest BCUT2D eigenvalue weighted by atomic mass is 35.5. The summed E-state index contributed by atoms with van der Waals surface area (Å²) in [5.41, 5.74) is 0. The molecule has 15 heavy (non-hydrogen) atoms. The Balaban J connectivity index is 2.25. The minimum atomic E-state index is -0.390. The van der Waals surface area contributed by atoms with Crippen LogP contribution in [-0.2, 0) is 0 Å². The van der Waals surface area contributed by atoms with Crippen molar-refractivity contribution in [2.75, 3.05) is 0 Å². The Hall–Kier alpha value is -1.61. The molecule has 0 radical (unpaired) electrons. The van der Waals surface area contributed by atoms with Crippen molar-refractivity contribution in [3.63, 3.8) is 0 Å². The first-order valence-corrected chi connectivity index (χ1v) is 4.66. The van der Waals surface area contributed by atoms with Crippen LogP contribution in [0.2, 0.25) is 5.02 Å². The molecule has 1 aromatic heterocycles. The van der Waals surface area contributed by atoms with Gasteiger partial charge in [0.05, 0.1) is 11.2 Å². The molecule has 2 aromatic rings. The molecule has 4 heteroatoms. The second-order valence-corrected chi connectivity index (χ2v) is 3.27. The highest BCUT2D eigenvalue weighted by Crippen LogP contribution is 2.29. The molecule has 0 aliphatic rings. The van der Waals surface area contributed by atoms with Crippen molar-refractivity contribution >= 4 is 11.6 Å². The number of halogens is 2. The molecule has 0 amide bonds. The Bertz CT molecular complexity index is 461. The van der Waals surface area contributed by atoms with Crippen LogP contribution in [0.1, 0.15) is 0 Å². The highest BCUT2D eigenvalue weighted by Gasteiger charge is 2.03. The van der Waals surface area contributed by atoms with Gasteiger partial charge in [-0.2, -0.15) is 0 Å².